The zero-order chi connectivity index (χ0) is 15.4. The van der Waals surface area contributed by atoms with Gasteiger partial charge in [-0.1, -0.05) is 19.8 Å². The molecule has 0 amide bonds. The van der Waals surface area contributed by atoms with Crippen LogP contribution in [0.1, 0.15) is 43.0 Å². The van der Waals surface area contributed by atoms with Gasteiger partial charge in [-0.05, 0) is 30.9 Å². The lowest BCUT2D eigenvalue weighted by Crippen LogP contribution is -2.34. The molecule has 1 aliphatic rings. The topological polar surface area (TPSA) is 83.7 Å². The summed E-state index contributed by atoms with van der Waals surface area (Å²) in [5.74, 6) is -0.389. The third-order valence-corrected chi connectivity index (χ3v) is 4.07. The van der Waals surface area contributed by atoms with Gasteiger partial charge in [-0.15, -0.1) is 0 Å². The maximum absolute atomic E-state index is 11.1. The van der Waals surface area contributed by atoms with Gasteiger partial charge >= 0.3 is 5.97 Å². The minimum atomic E-state index is -1.06. The number of piperidine rings is 1. The molecular formula is C15H20N2O4. The number of hydrogen-bond donors (Lipinski definition) is 1. The number of nitrogens with zero attached hydrogens (tertiary/aromatic N) is 2. The Labute approximate surface area is 123 Å². The number of nitro groups is 1. The second-order valence-electron chi connectivity index (χ2n) is 5.48. The van der Waals surface area contributed by atoms with E-state index in [1.807, 2.05) is 4.90 Å². The summed E-state index contributed by atoms with van der Waals surface area (Å²) < 4.78 is 0. The number of carboxylic acids is 1. The van der Waals surface area contributed by atoms with Crippen molar-refractivity contribution in [3.63, 3.8) is 0 Å². The number of rotatable bonds is 5. The summed E-state index contributed by atoms with van der Waals surface area (Å²) in [6.45, 7) is 3.65. The highest BCUT2D eigenvalue weighted by Gasteiger charge is 2.25. The largest absolute Gasteiger partial charge is 0.478 e. The van der Waals surface area contributed by atoms with Crippen LogP contribution >= 0.6 is 0 Å². The van der Waals surface area contributed by atoms with Crippen molar-refractivity contribution in [3.05, 3.63) is 33.9 Å². The highest BCUT2D eigenvalue weighted by molar-refractivity contribution is 5.90. The average Bonchev–Trinajstić information content (AvgIpc) is 2.47. The molecule has 114 valence electrons. The normalized spacial score (nSPS) is 16.0. The molecule has 0 atom stereocenters. The van der Waals surface area contributed by atoms with Crippen molar-refractivity contribution in [1.29, 1.82) is 0 Å². The Morgan fingerprint density at radius 3 is 2.62 bits per heavy atom. The van der Waals surface area contributed by atoms with E-state index in [1.165, 1.54) is 24.6 Å². The van der Waals surface area contributed by atoms with Gasteiger partial charge in [0, 0.05) is 19.2 Å². The summed E-state index contributed by atoms with van der Waals surface area (Å²) in [4.78, 5) is 23.7. The number of hydrogen-bond acceptors (Lipinski definition) is 4. The highest BCUT2D eigenvalue weighted by Crippen LogP contribution is 2.33. The van der Waals surface area contributed by atoms with Gasteiger partial charge in [0.15, 0.2) is 0 Å². The smallest absolute Gasteiger partial charge is 0.335 e. The van der Waals surface area contributed by atoms with Crippen molar-refractivity contribution in [2.75, 3.05) is 18.0 Å². The van der Waals surface area contributed by atoms with Crippen LogP contribution in [-0.2, 0) is 0 Å². The number of carboxylic acid groups (broad SMARTS) is 1. The molecule has 0 aromatic heterocycles. The van der Waals surface area contributed by atoms with Gasteiger partial charge in [0.2, 0.25) is 0 Å². The van der Waals surface area contributed by atoms with Crippen LogP contribution in [0.3, 0.4) is 0 Å². The predicted octanol–water partition coefficient (Wildman–Crippen LogP) is 3.31. The minimum Gasteiger partial charge on any atom is -0.478 e. The first kappa shape index (κ1) is 15.3. The fourth-order valence-electron chi connectivity index (χ4n) is 2.93. The van der Waals surface area contributed by atoms with Gasteiger partial charge in [0.25, 0.3) is 5.69 Å². The Hall–Kier alpha value is -2.11. The molecule has 1 aromatic rings. The molecule has 0 unspecified atom stereocenters. The maximum Gasteiger partial charge on any atom is 0.335 e. The molecular weight excluding hydrogens is 272 g/mol. The van der Waals surface area contributed by atoms with Crippen molar-refractivity contribution in [3.8, 4) is 0 Å². The Bertz CT molecular complexity index is 536. The summed E-state index contributed by atoms with van der Waals surface area (Å²) in [6, 6.07) is 3.99. The van der Waals surface area contributed by atoms with Crippen LogP contribution in [0.15, 0.2) is 18.2 Å². The second kappa shape index (κ2) is 6.56. The molecule has 1 saturated heterocycles. The molecule has 1 fully saturated rings. The van der Waals surface area contributed by atoms with Crippen LogP contribution in [-0.4, -0.2) is 29.1 Å². The Morgan fingerprint density at radius 1 is 1.43 bits per heavy atom. The zero-order valence-corrected chi connectivity index (χ0v) is 12.1. The molecule has 6 nitrogen and oxygen atoms in total. The summed E-state index contributed by atoms with van der Waals surface area (Å²) in [7, 11) is 0. The first-order chi connectivity index (χ1) is 10.0. The van der Waals surface area contributed by atoms with Crippen LogP contribution in [0.2, 0.25) is 0 Å². The number of carbonyl (C=O) groups is 1. The van der Waals surface area contributed by atoms with Crippen molar-refractivity contribution >= 4 is 17.3 Å². The van der Waals surface area contributed by atoms with E-state index in [4.69, 9.17) is 5.11 Å². The molecule has 21 heavy (non-hydrogen) atoms. The van der Waals surface area contributed by atoms with Gasteiger partial charge in [-0.3, -0.25) is 10.1 Å². The van der Waals surface area contributed by atoms with E-state index in [9.17, 15) is 14.9 Å². The predicted molar refractivity (Wildman–Crippen MR) is 79.9 cm³/mol. The van der Waals surface area contributed by atoms with E-state index in [0.29, 0.717) is 11.6 Å². The molecule has 0 spiro atoms. The van der Waals surface area contributed by atoms with E-state index in [1.54, 1.807) is 0 Å². The molecule has 1 heterocycles. The summed E-state index contributed by atoms with van der Waals surface area (Å²) in [5.41, 5.74) is 0.495. The highest BCUT2D eigenvalue weighted by atomic mass is 16.6. The molecule has 0 radical (unpaired) electrons. The number of anilines is 1. The summed E-state index contributed by atoms with van der Waals surface area (Å²) >= 11 is 0. The van der Waals surface area contributed by atoms with Gasteiger partial charge < -0.3 is 10.0 Å². The van der Waals surface area contributed by atoms with Crippen LogP contribution in [0.25, 0.3) is 0 Å². The molecule has 6 heteroatoms. The number of benzene rings is 1. The van der Waals surface area contributed by atoms with Crippen LogP contribution in [0.4, 0.5) is 11.4 Å². The van der Waals surface area contributed by atoms with Gasteiger partial charge in [0.05, 0.1) is 10.5 Å². The minimum absolute atomic E-state index is 0.0195. The number of nitro benzene ring substituents is 1. The van der Waals surface area contributed by atoms with Gasteiger partial charge in [-0.2, -0.15) is 0 Å². The molecule has 2 rings (SSSR count). The quantitative estimate of drug-likeness (QED) is 0.665. The third kappa shape index (κ3) is 3.51. The molecule has 1 aromatic carbocycles. The number of aromatic carboxylic acids is 1. The maximum atomic E-state index is 11.1. The Morgan fingerprint density at radius 2 is 2.10 bits per heavy atom. The molecule has 1 N–H and O–H groups in total. The van der Waals surface area contributed by atoms with Crippen molar-refractivity contribution in [1.82, 2.24) is 0 Å². The third-order valence-electron chi connectivity index (χ3n) is 4.07. The van der Waals surface area contributed by atoms with Crippen LogP contribution < -0.4 is 4.90 Å². The van der Waals surface area contributed by atoms with E-state index in [-0.39, 0.29) is 11.3 Å². The standard InChI is InChI=1S/C15H20N2O4/c1-2-3-11-6-8-16(9-7-11)14-10-12(15(18)19)4-5-13(14)17(20)21/h4-5,10-11H,2-3,6-9H2,1H3,(H,18,19). The molecule has 0 bridgehead atoms. The Kier molecular flexibility index (Phi) is 4.77. The summed E-state index contributed by atoms with van der Waals surface area (Å²) in [5, 5.41) is 20.2. The zero-order valence-electron chi connectivity index (χ0n) is 12.1. The molecule has 1 aliphatic heterocycles. The monoisotopic (exact) mass is 292 g/mol. The lowest BCUT2D eigenvalue weighted by atomic mass is 9.92. The lowest BCUT2D eigenvalue weighted by molar-refractivity contribution is -0.384. The van der Waals surface area contributed by atoms with E-state index < -0.39 is 10.9 Å². The second-order valence-corrected chi connectivity index (χ2v) is 5.48. The van der Waals surface area contributed by atoms with E-state index in [2.05, 4.69) is 6.92 Å². The van der Waals surface area contributed by atoms with Crippen LogP contribution in [0.5, 0.6) is 0 Å². The molecule has 0 saturated carbocycles. The fraction of sp³-hybridized carbons (Fsp3) is 0.533. The van der Waals surface area contributed by atoms with E-state index >= 15 is 0 Å². The lowest BCUT2D eigenvalue weighted by Gasteiger charge is -2.33. The van der Waals surface area contributed by atoms with Crippen molar-refractivity contribution in [2.45, 2.75) is 32.6 Å². The fourth-order valence-corrected chi connectivity index (χ4v) is 2.93. The average molecular weight is 292 g/mol. The van der Waals surface area contributed by atoms with Gasteiger partial charge in [-0.25, -0.2) is 4.79 Å². The van der Waals surface area contributed by atoms with Crippen LogP contribution in [0, 0.1) is 16.0 Å². The summed E-state index contributed by atoms with van der Waals surface area (Å²) in [6.07, 6.45) is 4.34. The van der Waals surface area contributed by atoms with Crippen molar-refractivity contribution in [2.24, 2.45) is 5.92 Å². The molecule has 0 aliphatic carbocycles. The SMILES string of the molecule is CCCC1CCN(c2cc(C(=O)O)ccc2[N+](=O)[O-])CC1. The Balaban J connectivity index is 2.23. The first-order valence-corrected chi connectivity index (χ1v) is 7.29. The van der Waals surface area contributed by atoms with E-state index in [0.717, 1.165) is 32.4 Å². The van der Waals surface area contributed by atoms with Crippen molar-refractivity contribution < 1.29 is 14.8 Å². The first-order valence-electron chi connectivity index (χ1n) is 7.29. The van der Waals surface area contributed by atoms with Gasteiger partial charge in [0.1, 0.15) is 5.69 Å².